The highest BCUT2D eigenvalue weighted by Gasteiger charge is 2.15. The summed E-state index contributed by atoms with van der Waals surface area (Å²) in [5.74, 6) is 1.62. The number of rotatable bonds is 4. The van der Waals surface area contributed by atoms with Crippen molar-refractivity contribution in [3.8, 4) is 11.5 Å². The molecule has 0 radical (unpaired) electrons. The third kappa shape index (κ3) is 3.23. The Hall–Kier alpha value is -1.00. The molecule has 17 heavy (non-hydrogen) atoms. The molecule has 2 rings (SSSR count). The van der Waals surface area contributed by atoms with Crippen LogP contribution in [0.5, 0.6) is 11.5 Å². The minimum absolute atomic E-state index is 0.612. The van der Waals surface area contributed by atoms with Gasteiger partial charge in [-0.25, -0.2) is 0 Å². The van der Waals surface area contributed by atoms with Gasteiger partial charge in [0.2, 0.25) is 0 Å². The SMILES string of the molecule is CCNCC=Cc1cc(Br)c2c(c1)OCCO2. The van der Waals surface area contributed by atoms with Gasteiger partial charge < -0.3 is 14.8 Å². The zero-order chi connectivity index (χ0) is 12.1. The predicted molar refractivity (Wildman–Crippen MR) is 72.7 cm³/mol. The molecule has 0 amide bonds. The first-order chi connectivity index (χ1) is 8.31. The number of hydrogen-bond acceptors (Lipinski definition) is 3. The lowest BCUT2D eigenvalue weighted by Crippen LogP contribution is -2.15. The molecule has 1 aromatic carbocycles. The summed E-state index contributed by atoms with van der Waals surface area (Å²) in [6.45, 7) is 5.18. The van der Waals surface area contributed by atoms with Crippen LogP contribution in [0.4, 0.5) is 0 Å². The van der Waals surface area contributed by atoms with E-state index in [4.69, 9.17) is 9.47 Å². The smallest absolute Gasteiger partial charge is 0.175 e. The van der Waals surface area contributed by atoms with Gasteiger partial charge in [0.1, 0.15) is 13.2 Å². The van der Waals surface area contributed by atoms with E-state index in [1.165, 1.54) is 0 Å². The van der Waals surface area contributed by atoms with Crippen LogP contribution in [0, 0.1) is 0 Å². The normalized spacial score (nSPS) is 14.2. The zero-order valence-electron chi connectivity index (χ0n) is 9.83. The average Bonchev–Trinajstić information content (AvgIpc) is 2.35. The first-order valence-electron chi connectivity index (χ1n) is 5.77. The quantitative estimate of drug-likeness (QED) is 0.867. The van der Waals surface area contributed by atoms with Crippen molar-refractivity contribution >= 4 is 22.0 Å². The molecule has 92 valence electrons. The highest BCUT2D eigenvalue weighted by atomic mass is 79.9. The van der Waals surface area contributed by atoms with E-state index in [2.05, 4.69) is 40.3 Å². The van der Waals surface area contributed by atoms with Gasteiger partial charge in [0.25, 0.3) is 0 Å². The second-order valence-electron chi connectivity index (χ2n) is 3.74. The van der Waals surface area contributed by atoms with Gasteiger partial charge >= 0.3 is 0 Å². The van der Waals surface area contributed by atoms with Crippen molar-refractivity contribution in [3.63, 3.8) is 0 Å². The fourth-order valence-electron chi connectivity index (χ4n) is 1.65. The Bertz CT molecular complexity index is 418. The van der Waals surface area contributed by atoms with Gasteiger partial charge in [-0.1, -0.05) is 19.1 Å². The van der Waals surface area contributed by atoms with Crippen LogP contribution >= 0.6 is 15.9 Å². The molecule has 0 spiro atoms. The molecular weight excluding hydrogens is 282 g/mol. The van der Waals surface area contributed by atoms with Crippen LogP contribution in [0.25, 0.3) is 6.08 Å². The zero-order valence-corrected chi connectivity index (χ0v) is 11.4. The lowest BCUT2D eigenvalue weighted by molar-refractivity contribution is 0.170. The number of fused-ring (bicyclic) bond motifs is 1. The molecule has 1 heterocycles. The van der Waals surface area contributed by atoms with Crippen molar-refractivity contribution in [3.05, 3.63) is 28.2 Å². The monoisotopic (exact) mass is 297 g/mol. The van der Waals surface area contributed by atoms with E-state index in [1.54, 1.807) is 0 Å². The molecule has 0 bridgehead atoms. The fourth-order valence-corrected chi connectivity index (χ4v) is 2.22. The van der Waals surface area contributed by atoms with Gasteiger partial charge in [-0.3, -0.25) is 0 Å². The molecule has 1 aromatic rings. The van der Waals surface area contributed by atoms with Crippen molar-refractivity contribution in [2.24, 2.45) is 0 Å². The van der Waals surface area contributed by atoms with Crippen molar-refractivity contribution in [1.82, 2.24) is 5.32 Å². The van der Waals surface area contributed by atoms with Gasteiger partial charge in [-0.05, 0) is 40.2 Å². The van der Waals surface area contributed by atoms with E-state index >= 15 is 0 Å². The van der Waals surface area contributed by atoms with Crippen molar-refractivity contribution in [2.45, 2.75) is 6.92 Å². The number of likely N-dealkylation sites (N-methyl/N-ethyl adjacent to an activating group) is 1. The first kappa shape index (κ1) is 12.5. The first-order valence-corrected chi connectivity index (χ1v) is 6.57. The molecule has 3 nitrogen and oxygen atoms in total. The molecule has 0 saturated heterocycles. The van der Waals surface area contributed by atoms with Crippen LogP contribution in [0.2, 0.25) is 0 Å². The maximum atomic E-state index is 5.57. The Labute approximate surface area is 110 Å². The molecule has 4 heteroatoms. The van der Waals surface area contributed by atoms with Gasteiger partial charge in [0.05, 0.1) is 4.47 Å². The number of benzene rings is 1. The second kappa shape index (κ2) is 6.07. The standard InChI is InChI=1S/C13H16BrNO2/c1-2-15-5-3-4-10-8-11(14)13-12(9-10)16-6-7-17-13/h3-4,8-9,15H,2,5-7H2,1H3. The number of hydrogen-bond donors (Lipinski definition) is 1. The highest BCUT2D eigenvalue weighted by Crippen LogP contribution is 2.38. The lowest BCUT2D eigenvalue weighted by Gasteiger charge is -2.19. The van der Waals surface area contributed by atoms with Crippen LogP contribution in [0.3, 0.4) is 0 Å². The molecule has 0 fully saturated rings. The Morgan fingerprint density at radius 2 is 2.18 bits per heavy atom. The summed E-state index contributed by atoms with van der Waals surface area (Å²) in [5, 5.41) is 3.24. The summed E-state index contributed by atoms with van der Waals surface area (Å²) >= 11 is 3.50. The van der Waals surface area contributed by atoms with E-state index in [1.807, 2.05) is 12.1 Å². The van der Waals surface area contributed by atoms with Crippen molar-refractivity contribution < 1.29 is 9.47 Å². The van der Waals surface area contributed by atoms with E-state index in [0.29, 0.717) is 13.2 Å². The fraction of sp³-hybridized carbons (Fsp3) is 0.385. The van der Waals surface area contributed by atoms with E-state index in [0.717, 1.165) is 34.6 Å². The summed E-state index contributed by atoms with van der Waals surface area (Å²) in [4.78, 5) is 0. The van der Waals surface area contributed by atoms with Crippen LogP contribution < -0.4 is 14.8 Å². The number of ether oxygens (including phenoxy) is 2. The van der Waals surface area contributed by atoms with Gasteiger partial charge in [0.15, 0.2) is 11.5 Å². The van der Waals surface area contributed by atoms with Crippen LogP contribution in [-0.4, -0.2) is 26.3 Å². The molecule has 0 saturated carbocycles. The second-order valence-corrected chi connectivity index (χ2v) is 4.59. The topological polar surface area (TPSA) is 30.5 Å². The minimum atomic E-state index is 0.612. The Kier molecular flexibility index (Phi) is 4.45. The Balaban J connectivity index is 2.13. The van der Waals surface area contributed by atoms with Gasteiger partial charge in [-0.2, -0.15) is 0 Å². The predicted octanol–water partition coefficient (Wildman–Crippen LogP) is 2.84. The summed E-state index contributed by atoms with van der Waals surface area (Å²) in [5.41, 5.74) is 1.11. The third-order valence-electron chi connectivity index (χ3n) is 2.44. The van der Waals surface area contributed by atoms with Crippen LogP contribution in [0.1, 0.15) is 12.5 Å². The van der Waals surface area contributed by atoms with E-state index in [9.17, 15) is 0 Å². The molecule has 1 aliphatic rings. The van der Waals surface area contributed by atoms with Gasteiger partial charge in [-0.15, -0.1) is 0 Å². The Morgan fingerprint density at radius 3 is 3.00 bits per heavy atom. The van der Waals surface area contributed by atoms with Crippen LogP contribution in [0.15, 0.2) is 22.7 Å². The molecule has 0 aromatic heterocycles. The third-order valence-corrected chi connectivity index (χ3v) is 3.03. The minimum Gasteiger partial charge on any atom is -0.486 e. The summed E-state index contributed by atoms with van der Waals surface area (Å²) in [7, 11) is 0. The summed E-state index contributed by atoms with van der Waals surface area (Å²) < 4.78 is 12.1. The molecular formula is C13H16BrNO2. The number of halogens is 1. The maximum Gasteiger partial charge on any atom is 0.175 e. The summed E-state index contributed by atoms with van der Waals surface area (Å²) in [6, 6.07) is 4.04. The van der Waals surface area contributed by atoms with E-state index < -0.39 is 0 Å². The molecule has 0 unspecified atom stereocenters. The number of nitrogens with one attached hydrogen (secondary N) is 1. The highest BCUT2D eigenvalue weighted by molar-refractivity contribution is 9.10. The maximum absolute atomic E-state index is 5.57. The Morgan fingerprint density at radius 1 is 1.35 bits per heavy atom. The van der Waals surface area contributed by atoms with Crippen molar-refractivity contribution in [1.29, 1.82) is 0 Å². The molecule has 0 atom stereocenters. The lowest BCUT2D eigenvalue weighted by atomic mass is 10.2. The molecule has 1 N–H and O–H groups in total. The molecule has 1 aliphatic heterocycles. The van der Waals surface area contributed by atoms with Crippen LogP contribution in [-0.2, 0) is 0 Å². The summed E-state index contributed by atoms with van der Waals surface area (Å²) in [6.07, 6.45) is 4.17. The largest absolute Gasteiger partial charge is 0.486 e. The van der Waals surface area contributed by atoms with E-state index in [-0.39, 0.29) is 0 Å². The van der Waals surface area contributed by atoms with Gasteiger partial charge in [0, 0.05) is 6.54 Å². The molecule has 0 aliphatic carbocycles. The average molecular weight is 298 g/mol. The van der Waals surface area contributed by atoms with Crippen molar-refractivity contribution in [2.75, 3.05) is 26.3 Å².